The van der Waals surface area contributed by atoms with E-state index in [4.69, 9.17) is 9.47 Å². The van der Waals surface area contributed by atoms with Crippen LogP contribution < -0.4 is 14.8 Å². The summed E-state index contributed by atoms with van der Waals surface area (Å²) < 4.78 is 10.7. The number of aromatic nitrogens is 2. The summed E-state index contributed by atoms with van der Waals surface area (Å²) in [7, 11) is 5.12. The number of methoxy groups -OCH3 is 2. The van der Waals surface area contributed by atoms with Gasteiger partial charge in [0.05, 0.1) is 14.2 Å². The molecular weight excluding hydrogens is 254 g/mol. The van der Waals surface area contributed by atoms with Crippen LogP contribution in [0.15, 0.2) is 18.2 Å². The number of hydrogen-bond donors (Lipinski definition) is 1. The lowest BCUT2D eigenvalue weighted by molar-refractivity contribution is 0.404. The summed E-state index contributed by atoms with van der Waals surface area (Å²) in [6, 6.07) is 5.64. The van der Waals surface area contributed by atoms with Gasteiger partial charge in [-0.3, -0.25) is 0 Å². The van der Waals surface area contributed by atoms with Crippen LogP contribution in [0.3, 0.4) is 0 Å². The molecule has 0 amide bonds. The van der Waals surface area contributed by atoms with Crippen molar-refractivity contribution in [1.29, 1.82) is 0 Å². The van der Waals surface area contributed by atoms with Crippen molar-refractivity contribution in [2.45, 2.75) is 13.8 Å². The van der Waals surface area contributed by atoms with Gasteiger partial charge in [0.2, 0.25) is 0 Å². The average Bonchev–Trinajstić information content (AvgIpc) is 2.49. The highest BCUT2D eigenvalue weighted by molar-refractivity contribution is 5.73. The van der Waals surface area contributed by atoms with Crippen molar-refractivity contribution in [1.82, 2.24) is 10.2 Å². The first-order valence-corrected chi connectivity index (χ1v) is 6.36. The molecule has 1 aromatic heterocycles. The second kappa shape index (κ2) is 5.77. The second-order valence-corrected chi connectivity index (χ2v) is 4.46. The van der Waals surface area contributed by atoms with E-state index in [1.165, 1.54) is 0 Å². The maximum Gasteiger partial charge on any atom is 0.151 e. The lowest BCUT2D eigenvalue weighted by Crippen LogP contribution is -2.03. The minimum atomic E-state index is 0.750. The van der Waals surface area contributed by atoms with Gasteiger partial charge in [0.25, 0.3) is 0 Å². The number of hydrogen-bond acceptors (Lipinski definition) is 5. The van der Waals surface area contributed by atoms with Crippen LogP contribution in [0.5, 0.6) is 11.5 Å². The Bertz CT molecular complexity index is 627. The van der Waals surface area contributed by atoms with Crippen LogP contribution in [0.2, 0.25) is 0 Å². The van der Waals surface area contributed by atoms with Gasteiger partial charge in [-0.2, -0.15) is 0 Å². The van der Waals surface area contributed by atoms with Crippen LogP contribution in [0.25, 0.3) is 11.3 Å². The van der Waals surface area contributed by atoms with E-state index in [1.54, 1.807) is 14.2 Å². The molecule has 1 N–H and O–H groups in total. The van der Waals surface area contributed by atoms with Crippen LogP contribution in [0, 0.1) is 13.8 Å². The highest BCUT2D eigenvalue weighted by atomic mass is 16.5. The summed E-state index contributed by atoms with van der Waals surface area (Å²) in [6.07, 6.45) is 0. The maximum atomic E-state index is 5.41. The number of ether oxygens (including phenoxy) is 2. The zero-order valence-corrected chi connectivity index (χ0v) is 12.4. The van der Waals surface area contributed by atoms with E-state index in [1.807, 2.05) is 39.1 Å². The zero-order chi connectivity index (χ0) is 14.7. The van der Waals surface area contributed by atoms with E-state index in [0.29, 0.717) is 0 Å². The molecule has 0 radical (unpaired) electrons. The first-order valence-electron chi connectivity index (χ1n) is 6.36. The van der Waals surface area contributed by atoms with E-state index in [0.717, 1.165) is 39.7 Å². The summed E-state index contributed by atoms with van der Waals surface area (Å²) in [4.78, 5) is 0. The third kappa shape index (κ3) is 2.39. The van der Waals surface area contributed by atoms with Gasteiger partial charge < -0.3 is 14.8 Å². The van der Waals surface area contributed by atoms with Crippen LogP contribution in [0.1, 0.15) is 11.1 Å². The molecule has 2 aromatic rings. The second-order valence-electron chi connectivity index (χ2n) is 4.46. The van der Waals surface area contributed by atoms with Crippen LogP contribution in [-0.2, 0) is 0 Å². The molecule has 0 aliphatic carbocycles. The van der Waals surface area contributed by atoms with E-state index in [9.17, 15) is 0 Å². The van der Waals surface area contributed by atoms with Gasteiger partial charge in [-0.05, 0) is 43.2 Å². The zero-order valence-electron chi connectivity index (χ0n) is 12.4. The summed E-state index contributed by atoms with van der Waals surface area (Å²) >= 11 is 0. The van der Waals surface area contributed by atoms with Gasteiger partial charge in [0, 0.05) is 12.6 Å². The molecule has 1 heterocycles. The van der Waals surface area contributed by atoms with Crippen LogP contribution >= 0.6 is 0 Å². The molecule has 0 fully saturated rings. The smallest absolute Gasteiger partial charge is 0.151 e. The fourth-order valence-electron chi connectivity index (χ4n) is 2.10. The number of anilines is 1. The fraction of sp³-hybridized carbons (Fsp3) is 0.333. The van der Waals surface area contributed by atoms with Crippen molar-refractivity contribution in [3.05, 3.63) is 29.3 Å². The highest BCUT2D eigenvalue weighted by Gasteiger charge is 2.15. The quantitative estimate of drug-likeness (QED) is 0.928. The first-order chi connectivity index (χ1) is 9.62. The van der Waals surface area contributed by atoms with Gasteiger partial charge in [0.1, 0.15) is 17.2 Å². The van der Waals surface area contributed by atoms with Gasteiger partial charge in [-0.25, -0.2) is 0 Å². The van der Waals surface area contributed by atoms with Gasteiger partial charge in [0.15, 0.2) is 5.82 Å². The molecule has 2 rings (SSSR count). The van der Waals surface area contributed by atoms with E-state index in [2.05, 4.69) is 15.5 Å². The Labute approximate surface area is 118 Å². The Morgan fingerprint density at radius 2 is 1.75 bits per heavy atom. The summed E-state index contributed by atoms with van der Waals surface area (Å²) in [5, 5.41) is 11.6. The first kappa shape index (κ1) is 14.1. The minimum absolute atomic E-state index is 0.750. The van der Waals surface area contributed by atoms with E-state index < -0.39 is 0 Å². The van der Waals surface area contributed by atoms with Crippen LogP contribution in [0.4, 0.5) is 5.82 Å². The fourth-order valence-corrected chi connectivity index (χ4v) is 2.10. The predicted molar refractivity (Wildman–Crippen MR) is 79.6 cm³/mol. The normalized spacial score (nSPS) is 10.2. The molecule has 5 heteroatoms. The largest absolute Gasteiger partial charge is 0.497 e. The molecule has 0 unspecified atom stereocenters. The third-order valence-corrected chi connectivity index (χ3v) is 3.42. The number of benzene rings is 1. The van der Waals surface area contributed by atoms with E-state index in [-0.39, 0.29) is 0 Å². The topological polar surface area (TPSA) is 56.3 Å². The van der Waals surface area contributed by atoms with Crippen molar-refractivity contribution in [3.8, 4) is 22.8 Å². The number of nitrogens with one attached hydrogen (secondary N) is 1. The molecule has 0 atom stereocenters. The maximum absolute atomic E-state index is 5.41. The lowest BCUT2D eigenvalue weighted by atomic mass is 10.0. The molecule has 0 bridgehead atoms. The molecule has 0 saturated heterocycles. The molecule has 5 nitrogen and oxygen atoms in total. The standard InChI is InChI=1S/C15H19N3O2/c1-9-10(2)15(16-3)18-17-14(9)12-8-11(19-4)6-7-13(12)20-5/h6-8H,1-5H3,(H,16,18). The number of nitrogens with zero attached hydrogens (tertiary/aromatic N) is 2. The SMILES string of the molecule is CNc1nnc(-c2cc(OC)ccc2OC)c(C)c1C. The summed E-state index contributed by atoms with van der Waals surface area (Å²) in [5.41, 5.74) is 3.82. The van der Waals surface area contributed by atoms with Gasteiger partial charge >= 0.3 is 0 Å². The average molecular weight is 273 g/mol. The molecule has 1 aromatic carbocycles. The molecule has 0 spiro atoms. The Morgan fingerprint density at radius 1 is 1.00 bits per heavy atom. The predicted octanol–water partition coefficient (Wildman–Crippen LogP) is 2.82. The third-order valence-electron chi connectivity index (χ3n) is 3.42. The Hall–Kier alpha value is -2.30. The van der Waals surface area contributed by atoms with Crippen LogP contribution in [-0.4, -0.2) is 31.5 Å². The summed E-state index contributed by atoms with van der Waals surface area (Å²) in [5.74, 6) is 2.30. The summed E-state index contributed by atoms with van der Waals surface area (Å²) in [6.45, 7) is 4.05. The highest BCUT2D eigenvalue weighted by Crippen LogP contribution is 2.35. The Morgan fingerprint density at radius 3 is 2.35 bits per heavy atom. The molecular formula is C15H19N3O2. The van der Waals surface area contributed by atoms with Gasteiger partial charge in [-0.1, -0.05) is 0 Å². The Balaban J connectivity index is 2.64. The van der Waals surface area contributed by atoms with Crippen molar-refractivity contribution in [2.24, 2.45) is 0 Å². The monoisotopic (exact) mass is 273 g/mol. The van der Waals surface area contributed by atoms with Crippen molar-refractivity contribution >= 4 is 5.82 Å². The minimum Gasteiger partial charge on any atom is -0.497 e. The van der Waals surface area contributed by atoms with Crippen molar-refractivity contribution in [2.75, 3.05) is 26.6 Å². The molecule has 106 valence electrons. The van der Waals surface area contributed by atoms with E-state index >= 15 is 0 Å². The molecule has 0 aliphatic heterocycles. The molecule has 0 saturated carbocycles. The van der Waals surface area contributed by atoms with Crippen molar-refractivity contribution < 1.29 is 9.47 Å². The lowest BCUT2D eigenvalue weighted by Gasteiger charge is -2.14. The Kier molecular flexibility index (Phi) is 4.08. The number of rotatable bonds is 4. The van der Waals surface area contributed by atoms with Crippen molar-refractivity contribution in [3.63, 3.8) is 0 Å². The molecule has 0 aliphatic rings. The van der Waals surface area contributed by atoms with Gasteiger partial charge in [-0.15, -0.1) is 10.2 Å². The molecule has 20 heavy (non-hydrogen) atoms.